The second-order valence-electron chi connectivity index (χ2n) is 3.74. The van der Waals surface area contributed by atoms with E-state index in [0.29, 0.717) is 5.57 Å². The van der Waals surface area contributed by atoms with Crippen LogP contribution < -0.4 is 0 Å². The van der Waals surface area contributed by atoms with Gasteiger partial charge in [0.15, 0.2) is 0 Å². The van der Waals surface area contributed by atoms with Gasteiger partial charge in [-0.3, -0.25) is 0 Å². The molecule has 1 aromatic rings. The lowest BCUT2D eigenvalue weighted by molar-refractivity contribution is -0.143. The van der Waals surface area contributed by atoms with E-state index in [-0.39, 0.29) is 12.1 Å². The van der Waals surface area contributed by atoms with Crippen LogP contribution >= 0.6 is 0 Å². The molecule has 1 unspecified atom stereocenters. The van der Waals surface area contributed by atoms with Crippen LogP contribution in [0, 0.1) is 6.92 Å². The summed E-state index contributed by atoms with van der Waals surface area (Å²) < 4.78 is 5.21. The van der Waals surface area contributed by atoms with Crippen LogP contribution in [0.25, 0.3) is 0 Å². The molecule has 1 aromatic carbocycles. The van der Waals surface area contributed by atoms with E-state index in [1.807, 2.05) is 38.1 Å². The highest BCUT2D eigenvalue weighted by atomic mass is 16.5. The topological polar surface area (TPSA) is 26.3 Å². The number of carbonyl (C=O) groups excluding carboxylic acids is 1. The maximum absolute atomic E-state index is 11.3. The smallest absolute Gasteiger partial charge is 0.333 e. The molecule has 1 atom stereocenters. The minimum Gasteiger partial charge on any atom is -0.454 e. The van der Waals surface area contributed by atoms with Crippen molar-refractivity contribution in [3.8, 4) is 0 Å². The van der Waals surface area contributed by atoms with Gasteiger partial charge in [-0.2, -0.15) is 0 Å². The standard InChI is InChI=1S/C13H16O2/c1-9(2)13(14)15-11(4)12-7-5-6-10(3)8-12/h5-8,11H,1H2,2-4H3. The normalized spacial score (nSPS) is 11.9. The number of ether oxygens (including phenoxy) is 1. The number of carbonyl (C=O) groups is 1. The Kier molecular flexibility index (Phi) is 3.67. The minimum atomic E-state index is -0.344. The average Bonchev–Trinajstić information content (AvgIpc) is 2.17. The van der Waals surface area contributed by atoms with E-state index in [0.717, 1.165) is 11.1 Å². The van der Waals surface area contributed by atoms with E-state index >= 15 is 0 Å². The Morgan fingerprint density at radius 3 is 2.67 bits per heavy atom. The fourth-order valence-electron chi connectivity index (χ4n) is 1.25. The quantitative estimate of drug-likeness (QED) is 0.558. The van der Waals surface area contributed by atoms with Crippen molar-refractivity contribution in [2.24, 2.45) is 0 Å². The highest BCUT2D eigenvalue weighted by Crippen LogP contribution is 2.18. The van der Waals surface area contributed by atoms with Gasteiger partial charge >= 0.3 is 5.97 Å². The van der Waals surface area contributed by atoms with Gasteiger partial charge in [-0.05, 0) is 26.3 Å². The molecule has 0 aliphatic rings. The second-order valence-corrected chi connectivity index (χ2v) is 3.74. The first-order valence-electron chi connectivity index (χ1n) is 4.93. The SMILES string of the molecule is C=C(C)C(=O)OC(C)c1cccc(C)c1. The molecule has 15 heavy (non-hydrogen) atoms. The van der Waals surface area contributed by atoms with Crippen molar-refractivity contribution in [3.63, 3.8) is 0 Å². The molecule has 0 aromatic heterocycles. The lowest BCUT2D eigenvalue weighted by Gasteiger charge is -2.13. The summed E-state index contributed by atoms with van der Waals surface area (Å²) in [6.07, 6.45) is -0.228. The number of rotatable bonds is 3. The van der Waals surface area contributed by atoms with Crippen LogP contribution in [0.2, 0.25) is 0 Å². The maximum Gasteiger partial charge on any atom is 0.333 e. The third-order valence-electron chi connectivity index (χ3n) is 2.14. The number of benzene rings is 1. The third-order valence-corrected chi connectivity index (χ3v) is 2.14. The molecule has 80 valence electrons. The first-order valence-corrected chi connectivity index (χ1v) is 4.93. The fraction of sp³-hybridized carbons (Fsp3) is 0.308. The number of aryl methyl sites for hydroxylation is 1. The lowest BCUT2D eigenvalue weighted by Crippen LogP contribution is -2.09. The van der Waals surface area contributed by atoms with E-state index in [1.165, 1.54) is 0 Å². The predicted molar refractivity (Wildman–Crippen MR) is 60.5 cm³/mol. The summed E-state index contributed by atoms with van der Waals surface area (Å²) in [5.74, 6) is -0.344. The lowest BCUT2D eigenvalue weighted by atomic mass is 10.1. The summed E-state index contributed by atoms with van der Waals surface area (Å²) in [6.45, 7) is 9.06. The molecule has 1 rings (SSSR count). The zero-order valence-electron chi connectivity index (χ0n) is 9.41. The maximum atomic E-state index is 11.3. The van der Waals surface area contributed by atoms with E-state index in [1.54, 1.807) is 6.92 Å². The molecule has 0 aliphatic heterocycles. The van der Waals surface area contributed by atoms with Crippen LogP contribution in [-0.4, -0.2) is 5.97 Å². The zero-order valence-corrected chi connectivity index (χ0v) is 9.41. The Morgan fingerprint density at radius 1 is 1.47 bits per heavy atom. The van der Waals surface area contributed by atoms with Crippen molar-refractivity contribution in [3.05, 3.63) is 47.5 Å². The molecule has 2 nitrogen and oxygen atoms in total. The van der Waals surface area contributed by atoms with Gasteiger partial charge in [0.2, 0.25) is 0 Å². The molecular weight excluding hydrogens is 188 g/mol. The van der Waals surface area contributed by atoms with Crippen LogP contribution in [0.15, 0.2) is 36.4 Å². The van der Waals surface area contributed by atoms with Crippen LogP contribution in [0.5, 0.6) is 0 Å². The Hall–Kier alpha value is -1.57. The summed E-state index contributed by atoms with van der Waals surface area (Å²) in [6, 6.07) is 7.92. The minimum absolute atomic E-state index is 0.228. The van der Waals surface area contributed by atoms with Gasteiger partial charge in [-0.1, -0.05) is 36.4 Å². The monoisotopic (exact) mass is 204 g/mol. The van der Waals surface area contributed by atoms with Gasteiger partial charge in [-0.15, -0.1) is 0 Å². The fourth-order valence-corrected chi connectivity index (χ4v) is 1.25. The molecule has 0 aliphatic carbocycles. The molecule has 2 heteroatoms. The number of hydrogen-bond donors (Lipinski definition) is 0. The van der Waals surface area contributed by atoms with Gasteiger partial charge < -0.3 is 4.74 Å². The molecule has 0 saturated heterocycles. The van der Waals surface area contributed by atoms with Crippen LogP contribution in [0.4, 0.5) is 0 Å². The summed E-state index contributed by atoms with van der Waals surface area (Å²) in [5, 5.41) is 0. The van der Waals surface area contributed by atoms with Gasteiger partial charge in [0.1, 0.15) is 6.10 Å². The van der Waals surface area contributed by atoms with Crippen LogP contribution in [-0.2, 0) is 9.53 Å². The summed E-state index contributed by atoms with van der Waals surface area (Å²) in [4.78, 5) is 11.3. The molecular formula is C13H16O2. The summed E-state index contributed by atoms with van der Waals surface area (Å²) in [7, 11) is 0. The number of hydrogen-bond acceptors (Lipinski definition) is 2. The second kappa shape index (κ2) is 4.78. The molecule has 0 N–H and O–H groups in total. The van der Waals surface area contributed by atoms with E-state index in [9.17, 15) is 4.79 Å². The molecule has 0 fully saturated rings. The van der Waals surface area contributed by atoms with Gasteiger partial charge in [0, 0.05) is 5.57 Å². The van der Waals surface area contributed by atoms with E-state index < -0.39 is 0 Å². The average molecular weight is 204 g/mol. The van der Waals surface area contributed by atoms with Gasteiger partial charge in [0.05, 0.1) is 0 Å². The Balaban J connectivity index is 2.73. The third kappa shape index (κ3) is 3.24. The predicted octanol–water partition coefficient (Wildman–Crippen LogP) is 3.18. The van der Waals surface area contributed by atoms with Crippen molar-refractivity contribution in [2.75, 3.05) is 0 Å². The molecule has 0 radical (unpaired) electrons. The Labute approximate surface area is 90.6 Å². The largest absolute Gasteiger partial charge is 0.454 e. The molecule has 0 amide bonds. The molecule has 0 saturated carbocycles. The number of esters is 1. The van der Waals surface area contributed by atoms with Crippen LogP contribution in [0.1, 0.15) is 31.1 Å². The van der Waals surface area contributed by atoms with Crippen molar-refractivity contribution in [1.29, 1.82) is 0 Å². The highest BCUT2D eigenvalue weighted by molar-refractivity contribution is 5.87. The Morgan fingerprint density at radius 2 is 2.13 bits per heavy atom. The van der Waals surface area contributed by atoms with Crippen molar-refractivity contribution < 1.29 is 9.53 Å². The van der Waals surface area contributed by atoms with Gasteiger partial charge in [-0.25, -0.2) is 4.79 Å². The highest BCUT2D eigenvalue weighted by Gasteiger charge is 2.11. The molecule has 0 heterocycles. The first kappa shape index (κ1) is 11.5. The van der Waals surface area contributed by atoms with Crippen LogP contribution in [0.3, 0.4) is 0 Å². The van der Waals surface area contributed by atoms with Crippen molar-refractivity contribution >= 4 is 5.97 Å². The molecule has 0 bridgehead atoms. The first-order chi connectivity index (χ1) is 7.00. The van der Waals surface area contributed by atoms with Crippen molar-refractivity contribution in [2.45, 2.75) is 26.9 Å². The van der Waals surface area contributed by atoms with Crippen molar-refractivity contribution in [1.82, 2.24) is 0 Å². The Bertz CT molecular complexity index is 380. The van der Waals surface area contributed by atoms with E-state index in [2.05, 4.69) is 6.58 Å². The molecule has 0 spiro atoms. The summed E-state index contributed by atoms with van der Waals surface area (Å²) >= 11 is 0. The zero-order chi connectivity index (χ0) is 11.4. The van der Waals surface area contributed by atoms with E-state index in [4.69, 9.17) is 4.74 Å². The van der Waals surface area contributed by atoms with Gasteiger partial charge in [0.25, 0.3) is 0 Å². The summed E-state index contributed by atoms with van der Waals surface area (Å²) in [5.41, 5.74) is 2.59.